The van der Waals surface area contributed by atoms with Crippen molar-refractivity contribution in [3.8, 4) is 0 Å². The Morgan fingerprint density at radius 2 is 1.75 bits per heavy atom. The molecule has 0 aliphatic rings. The normalized spacial score (nSPS) is 6.08. The number of carboxylic acids is 1. The Hall–Kier alpha value is -1.36. The molecule has 0 aromatic heterocycles. The van der Waals surface area contributed by atoms with E-state index >= 15 is 0 Å². The van der Waals surface area contributed by atoms with Gasteiger partial charge in [-0.25, -0.2) is 4.79 Å². The summed E-state index contributed by atoms with van der Waals surface area (Å²) in [5, 5.41) is 7.60. The summed E-state index contributed by atoms with van der Waals surface area (Å²) in [7, 11) is 0. The molecule has 0 radical (unpaired) electrons. The summed E-state index contributed by atoms with van der Waals surface area (Å²) in [6.07, 6.45) is 1.93. The Labute approximate surface area is 75.6 Å². The van der Waals surface area contributed by atoms with Crippen LogP contribution in [0.15, 0.2) is 25.5 Å². The van der Waals surface area contributed by atoms with Gasteiger partial charge in [0.2, 0.25) is 0 Å². The van der Waals surface area contributed by atoms with Crippen molar-refractivity contribution < 1.29 is 19.4 Å². The summed E-state index contributed by atoms with van der Waals surface area (Å²) >= 11 is 0. The molecule has 0 fully saturated rings. The summed E-state index contributed by atoms with van der Waals surface area (Å²) < 4.78 is 4.17. The number of esters is 1. The third kappa shape index (κ3) is 38.1. The first-order valence-electron chi connectivity index (χ1n) is 2.68. The average molecular weight is 190 g/mol. The molecular weight excluding hydrogens is 176 g/mol. The van der Waals surface area contributed by atoms with Crippen molar-refractivity contribution in [2.45, 2.75) is 6.92 Å². The molecule has 1 N–H and O–H groups in total. The SMILES string of the molecule is C=CC(=O)O.C=COC(C)=O.[SiH4]. The van der Waals surface area contributed by atoms with E-state index in [0.29, 0.717) is 0 Å². The van der Waals surface area contributed by atoms with Gasteiger partial charge in [-0.2, -0.15) is 0 Å². The number of ether oxygens (including phenoxy) is 1. The molecule has 12 heavy (non-hydrogen) atoms. The zero-order valence-corrected chi connectivity index (χ0v) is 6.24. The van der Waals surface area contributed by atoms with E-state index < -0.39 is 5.97 Å². The van der Waals surface area contributed by atoms with Gasteiger partial charge in [-0.3, -0.25) is 4.79 Å². The number of hydrogen-bond donors (Lipinski definition) is 1. The van der Waals surface area contributed by atoms with Crippen LogP contribution >= 0.6 is 0 Å². The fourth-order valence-corrected chi connectivity index (χ4v) is 0.117. The molecule has 0 saturated carbocycles. The zero-order valence-electron chi connectivity index (χ0n) is 6.24. The summed E-state index contributed by atoms with van der Waals surface area (Å²) in [5.74, 6) is -1.31. The third-order valence-corrected chi connectivity index (χ3v) is 0.424. The van der Waals surface area contributed by atoms with Crippen LogP contribution in [0.3, 0.4) is 0 Å². The lowest BCUT2D eigenvalue weighted by atomic mass is 10.7. The van der Waals surface area contributed by atoms with Crippen LogP contribution in [0.1, 0.15) is 6.92 Å². The van der Waals surface area contributed by atoms with Gasteiger partial charge in [-0.1, -0.05) is 13.2 Å². The molecule has 4 nitrogen and oxygen atoms in total. The van der Waals surface area contributed by atoms with Gasteiger partial charge in [-0.05, 0) is 11.0 Å². The lowest BCUT2D eigenvalue weighted by Gasteiger charge is -1.83. The minimum Gasteiger partial charge on any atom is -0.478 e. The number of carbonyl (C=O) groups excluding carboxylic acids is 1. The van der Waals surface area contributed by atoms with E-state index in [1.54, 1.807) is 0 Å². The smallest absolute Gasteiger partial charge is 0.327 e. The van der Waals surface area contributed by atoms with Gasteiger partial charge >= 0.3 is 11.9 Å². The van der Waals surface area contributed by atoms with Crippen LogP contribution in [0.2, 0.25) is 0 Å². The molecule has 0 aliphatic heterocycles. The Kier molecular flexibility index (Phi) is 17.4. The van der Waals surface area contributed by atoms with Crippen molar-refractivity contribution in [2.24, 2.45) is 0 Å². The van der Waals surface area contributed by atoms with Gasteiger partial charge in [0, 0.05) is 13.0 Å². The lowest BCUT2D eigenvalue weighted by Crippen LogP contribution is -1.87. The molecule has 5 heteroatoms. The number of aliphatic carboxylic acids is 1. The lowest BCUT2D eigenvalue weighted by molar-refractivity contribution is -0.135. The summed E-state index contributed by atoms with van der Waals surface area (Å²) in [4.78, 5) is 19.0. The number of hydrogen-bond acceptors (Lipinski definition) is 3. The summed E-state index contributed by atoms with van der Waals surface area (Å²) in [5.41, 5.74) is 0. The molecule has 0 heterocycles. The molecule has 0 spiro atoms. The maximum Gasteiger partial charge on any atom is 0.327 e. The monoisotopic (exact) mass is 190 g/mol. The first-order valence-corrected chi connectivity index (χ1v) is 2.68. The predicted molar refractivity (Wildman–Crippen MR) is 51.1 cm³/mol. The van der Waals surface area contributed by atoms with E-state index in [9.17, 15) is 9.59 Å². The van der Waals surface area contributed by atoms with Crippen LogP contribution in [0.4, 0.5) is 0 Å². The highest BCUT2D eigenvalue weighted by Crippen LogP contribution is 1.70. The second-order valence-electron chi connectivity index (χ2n) is 1.32. The highest BCUT2D eigenvalue weighted by molar-refractivity contribution is 5.78. The topological polar surface area (TPSA) is 63.6 Å². The van der Waals surface area contributed by atoms with Crippen molar-refractivity contribution in [1.82, 2.24) is 0 Å². The summed E-state index contributed by atoms with van der Waals surface area (Å²) in [6.45, 7) is 7.44. The molecule has 0 amide bonds. The van der Waals surface area contributed by atoms with E-state index in [4.69, 9.17) is 5.11 Å². The molecule has 0 bridgehead atoms. The summed E-state index contributed by atoms with van der Waals surface area (Å²) in [6, 6.07) is 0. The molecule has 0 aromatic rings. The van der Waals surface area contributed by atoms with Gasteiger partial charge < -0.3 is 9.84 Å². The third-order valence-electron chi connectivity index (χ3n) is 0.424. The molecule has 0 atom stereocenters. The van der Waals surface area contributed by atoms with Gasteiger partial charge in [-0.15, -0.1) is 0 Å². The molecule has 0 unspecified atom stereocenters. The van der Waals surface area contributed by atoms with Gasteiger partial charge in [0.1, 0.15) is 0 Å². The Bertz CT molecular complexity index is 165. The first-order chi connectivity index (χ1) is 5.04. The molecule has 0 aliphatic carbocycles. The largest absolute Gasteiger partial charge is 0.478 e. The highest BCUT2D eigenvalue weighted by atomic mass is 28.1. The minimum atomic E-state index is -0.981. The highest BCUT2D eigenvalue weighted by Gasteiger charge is 1.79. The minimum absolute atomic E-state index is 0. The molecule has 70 valence electrons. The maximum atomic E-state index is 9.75. The van der Waals surface area contributed by atoms with Crippen molar-refractivity contribution in [2.75, 3.05) is 0 Å². The second kappa shape index (κ2) is 12.3. The molecule has 0 saturated heterocycles. The van der Waals surface area contributed by atoms with Gasteiger partial charge in [0.15, 0.2) is 0 Å². The Morgan fingerprint density at radius 3 is 1.75 bits per heavy atom. The van der Waals surface area contributed by atoms with Crippen LogP contribution in [-0.2, 0) is 14.3 Å². The maximum absolute atomic E-state index is 9.75. The van der Waals surface area contributed by atoms with E-state index in [1.165, 1.54) is 6.92 Å². The molecular formula is C7H14O4Si. The van der Waals surface area contributed by atoms with E-state index in [-0.39, 0.29) is 16.9 Å². The van der Waals surface area contributed by atoms with Crippen LogP contribution in [0, 0.1) is 0 Å². The van der Waals surface area contributed by atoms with Crippen molar-refractivity contribution >= 4 is 22.9 Å². The van der Waals surface area contributed by atoms with Crippen LogP contribution in [0.5, 0.6) is 0 Å². The van der Waals surface area contributed by atoms with Crippen LogP contribution < -0.4 is 0 Å². The van der Waals surface area contributed by atoms with Gasteiger partial charge in [0.05, 0.1) is 6.26 Å². The number of carboxylic acid groups (broad SMARTS) is 1. The van der Waals surface area contributed by atoms with E-state index in [2.05, 4.69) is 17.9 Å². The Balaban J connectivity index is -0.000000126. The van der Waals surface area contributed by atoms with Gasteiger partial charge in [0.25, 0.3) is 0 Å². The van der Waals surface area contributed by atoms with Crippen molar-refractivity contribution in [3.63, 3.8) is 0 Å². The number of carbonyl (C=O) groups is 2. The predicted octanol–water partition coefficient (Wildman–Crippen LogP) is -0.502. The molecule has 0 rings (SSSR count). The van der Waals surface area contributed by atoms with Crippen molar-refractivity contribution in [1.29, 1.82) is 0 Å². The second-order valence-corrected chi connectivity index (χ2v) is 1.32. The average Bonchev–Trinajstić information content (AvgIpc) is 1.89. The fraction of sp³-hybridized carbons (Fsp3) is 0.143. The van der Waals surface area contributed by atoms with Crippen LogP contribution in [0.25, 0.3) is 0 Å². The number of rotatable bonds is 2. The van der Waals surface area contributed by atoms with E-state index in [1.807, 2.05) is 0 Å². The standard InChI is InChI=1S/C4H6O2.C3H4O2.H4Si/c1-3-6-4(2)5;1-2-3(4)5;/h3H,1H2,2H3;2H,1H2,(H,4,5);1H4. The molecule has 0 aromatic carbocycles. The first kappa shape index (κ1) is 16.9. The fourth-order valence-electron chi connectivity index (χ4n) is 0.117. The quantitative estimate of drug-likeness (QED) is 0.276. The van der Waals surface area contributed by atoms with Crippen molar-refractivity contribution in [3.05, 3.63) is 25.5 Å². The zero-order chi connectivity index (χ0) is 9.28. The van der Waals surface area contributed by atoms with Crippen LogP contribution in [-0.4, -0.2) is 28.0 Å². The Morgan fingerprint density at radius 1 is 1.42 bits per heavy atom. The van der Waals surface area contributed by atoms with E-state index in [0.717, 1.165) is 12.3 Å².